The van der Waals surface area contributed by atoms with Crippen molar-refractivity contribution in [2.45, 2.75) is 6.54 Å². The Morgan fingerprint density at radius 3 is 2.62 bits per heavy atom. The van der Waals surface area contributed by atoms with Crippen molar-refractivity contribution in [1.82, 2.24) is 14.5 Å². The molecular formula is C20H16N4O2. The van der Waals surface area contributed by atoms with Crippen molar-refractivity contribution in [1.29, 1.82) is 0 Å². The molecule has 0 saturated heterocycles. The van der Waals surface area contributed by atoms with Gasteiger partial charge in [0.1, 0.15) is 0 Å². The minimum absolute atomic E-state index is 0.173. The number of nitrogens with zero attached hydrogens (tertiary/aromatic N) is 3. The number of imidazole rings is 1. The number of fused-ring (bicyclic) bond motifs is 1. The molecule has 4 rings (SSSR count). The fourth-order valence-electron chi connectivity index (χ4n) is 2.84. The van der Waals surface area contributed by atoms with Crippen LogP contribution in [-0.4, -0.2) is 25.9 Å². The summed E-state index contributed by atoms with van der Waals surface area (Å²) < 4.78 is 1.93. The van der Waals surface area contributed by atoms with Gasteiger partial charge in [0.25, 0.3) is 5.56 Å². The zero-order chi connectivity index (χ0) is 17.9. The molecule has 0 saturated carbocycles. The van der Waals surface area contributed by atoms with Crippen LogP contribution in [0.4, 0.5) is 0 Å². The van der Waals surface area contributed by atoms with Crippen molar-refractivity contribution in [2.75, 3.05) is 0 Å². The second-order valence-electron chi connectivity index (χ2n) is 5.87. The maximum Gasteiger partial charge on any atom is 0.258 e. The van der Waals surface area contributed by atoms with Gasteiger partial charge < -0.3 is 9.67 Å². The van der Waals surface area contributed by atoms with Gasteiger partial charge in [-0.05, 0) is 23.8 Å². The van der Waals surface area contributed by atoms with Crippen LogP contribution in [0.3, 0.4) is 0 Å². The van der Waals surface area contributed by atoms with Gasteiger partial charge in [0.15, 0.2) is 0 Å². The fourth-order valence-corrected chi connectivity index (χ4v) is 2.84. The second-order valence-corrected chi connectivity index (χ2v) is 5.87. The lowest BCUT2D eigenvalue weighted by atomic mass is 10.1. The van der Waals surface area contributed by atoms with Crippen LogP contribution in [0, 0.1) is 0 Å². The molecule has 0 spiro atoms. The largest absolute Gasteiger partial charge is 0.494 e. The summed E-state index contributed by atoms with van der Waals surface area (Å²) in [5, 5.41) is 11.3. The molecule has 0 aliphatic carbocycles. The number of aromatic nitrogens is 3. The molecule has 0 atom stereocenters. The van der Waals surface area contributed by atoms with E-state index in [4.69, 9.17) is 0 Å². The first-order valence-corrected chi connectivity index (χ1v) is 8.13. The van der Waals surface area contributed by atoms with Gasteiger partial charge in [-0.2, -0.15) is 0 Å². The first kappa shape index (κ1) is 15.8. The zero-order valence-corrected chi connectivity index (χ0v) is 13.8. The summed E-state index contributed by atoms with van der Waals surface area (Å²) >= 11 is 0. The zero-order valence-electron chi connectivity index (χ0n) is 13.8. The number of hydrogen-bond donors (Lipinski definition) is 2. The predicted molar refractivity (Wildman–Crippen MR) is 101 cm³/mol. The minimum atomic E-state index is -0.314. The van der Waals surface area contributed by atoms with Crippen molar-refractivity contribution >= 4 is 17.0 Å². The Hall–Kier alpha value is -3.67. The Morgan fingerprint density at radius 2 is 1.88 bits per heavy atom. The van der Waals surface area contributed by atoms with Gasteiger partial charge in [-0.3, -0.25) is 14.8 Å². The van der Waals surface area contributed by atoms with E-state index in [2.05, 4.69) is 15.0 Å². The summed E-state index contributed by atoms with van der Waals surface area (Å²) in [7, 11) is 0. The third-order valence-corrected chi connectivity index (χ3v) is 4.18. The summed E-state index contributed by atoms with van der Waals surface area (Å²) in [6.07, 6.45) is 6.96. The molecule has 128 valence electrons. The lowest BCUT2D eigenvalue weighted by molar-refractivity contribution is 0.452. The number of aliphatic imine (C=N–C) groups is 1. The molecule has 2 heterocycles. The summed E-state index contributed by atoms with van der Waals surface area (Å²) in [6, 6.07) is 15.1. The Balaban J connectivity index is 1.58. The Labute approximate surface area is 149 Å². The number of aromatic hydroxyl groups is 1. The molecule has 0 fully saturated rings. The fraction of sp³-hybridized carbons (Fsp3) is 0.0500. The van der Waals surface area contributed by atoms with Crippen molar-refractivity contribution in [2.24, 2.45) is 4.99 Å². The molecule has 2 N–H and O–H groups in total. The molecule has 0 bridgehead atoms. The molecule has 6 nitrogen and oxygen atoms in total. The highest BCUT2D eigenvalue weighted by atomic mass is 16.3. The topological polar surface area (TPSA) is 83.3 Å². The number of rotatable bonds is 4. The summed E-state index contributed by atoms with van der Waals surface area (Å²) in [4.78, 5) is 22.8. The van der Waals surface area contributed by atoms with E-state index in [1.165, 1.54) is 0 Å². The van der Waals surface area contributed by atoms with Gasteiger partial charge in [-0.1, -0.05) is 30.3 Å². The quantitative estimate of drug-likeness (QED) is 0.558. The molecule has 4 aromatic rings. The lowest BCUT2D eigenvalue weighted by Crippen LogP contribution is -2.07. The van der Waals surface area contributed by atoms with Gasteiger partial charge in [0.05, 0.1) is 18.4 Å². The SMILES string of the molecule is O=c1[nH]c(O)c(C=NCc2ccc(-n3ccnc3)cc2)c2ccccc12. The van der Waals surface area contributed by atoms with E-state index in [0.717, 1.165) is 11.3 Å². The highest BCUT2D eigenvalue weighted by molar-refractivity contribution is 6.01. The van der Waals surface area contributed by atoms with Crippen LogP contribution < -0.4 is 5.56 Å². The van der Waals surface area contributed by atoms with Crippen LogP contribution in [0.15, 0.2) is 77.0 Å². The first-order valence-electron chi connectivity index (χ1n) is 8.13. The molecule has 6 heteroatoms. The third kappa shape index (κ3) is 3.00. The molecule has 2 aromatic carbocycles. The van der Waals surface area contributed by atoms with Gasteiger partial charge in [0, 0.05) is 35.1 Å². The average molecular weight is 344 g/mol. The van der Waals surface area contributed by atoms with E-state index in [1.807, 2.05) is 41.1 Å². The van der Waals surface area contributed by atoms with Crippen LogP contribution in [0.25, 0.3) is 16.5 Å². The van der Waals surface area contributed by atoms with E-state index in [9.17, 15) is 9.90 Å². The highest BCUT2D eigenvalue weighted by Gasteiger charge is 2.08. The number of pyridine rings is 1. The van der Waals surface area contributed by atoms with Gasteiger partial charge >= 0.3 is 0 Å². The molecule has 0 unspecified atom stereocenters. The van der Waals surface area contributed by atoms with E-state index in [-0.39, 0.29) is 11.4 Å². The number of benzene rings is 2. The smallest absolute Gasteiger partial charge is 0.258 e. The Morgan fingerprint density at radius 1 is 1.12 bits per heavy atom. The van der Waals surface area contributed by atoms with E-state index >= 15 is 0 Å². The van der Waals surface area contributed by atoms with E-state index < -0.39 is 0 Å². The van der Waals surface area contributed by atoms with Crippen molar-refractivity contribution < 1.29 is 5.11 Å². The van der Waals surface area contributed by atoms with Crippen LogP contribution >= 0.6 is 0 Å². The van der Waals surface area contributed by atoms with Crippen LogP contribution in [-0.2, 0) is 6.54 Å². The molecule has 0 aliphatic heterocycles. The minimum Gasteiger partial charge on any atom is -0.494 e. The number of aromatic amines is 1. The second kappa shape index (κ2) is 6.68. The van der Waals surface area contributed by atoms with E-state index in [0.29, 0.717) is 22.9 Å². The number of H-pyrrole nitrogens is 1. The lowest BCUT2D eigenvalue weighted by Gasteiger charge is -2.05. The number of nitrogens with one attached hydrogen (secondary N) is 1. The first-order chi connectivity index (χ1) is 12.7. The highest BCUT2D eigenvalue weighted by Crippen LogP contribution is 2.20. The molecule has 0 aliphatic rings. The van der Waals surface area contributed by atoms with Crippen LogP contribution in [0.2, 0.25) is 0 Å². The van der Waals surface area contributed by atoms with Crippen molar-refractivity contribution in [3.63, 3.8) is 0 Å². The van der Waals surface area contributed by atoms with Crippen molar-refractivity contribution in [3.8, 4) is 11.6 Å². The monoisotopic (exact) mass is 344 g/mol. The van der Waals surface area contributed by atoms with Gasteiger partial charge in [-0.15, -0.1) is 0 Å². The van der Waals surface area contributed by atoms with Crippen LogP contribution in [0.1, 0.15) is 11.1 Å². The molecule has 2 aromatic heterocycles. The summed E-state index contributed by atoms with van der Waals surface area (Å²) in [6.45, 7) is 0.469. The molecular weight excluding hydrogens is 328 g/mol. The predicted octanol–water partition coefficient (Wildman–Crippen LogP) is 3.04. The van der Waals surface area contributed by atoms with Gasteiger partial charge in [-0.25, -0.2) is 4.98 Å². The maximum absolute atomic E-state index is 11.9. The molecule has 0 amide bonds. The average Bonchev–Trinajstić information content (AvgIpc) is 3.20. The van der Waals surface area contributed by atoms with Gasteiger partial charge in [0.2, 0.25) is 5.88 Å². The normalized spacial score (nSPS) is 11.4. The standard InChI is InChI=1S/C20H16N4O2/c25-19-17-4-2-1-3-16(17)18(20(26)23-19)12-22-11-14-5-7-15(8-6-14)24-10-9-21-13-24/h1-10,12-13H,11H2,(H2,23,25,26). The summed E-state index contributed by atoms with van der Waals surface area (Å²) in [5.41, 5.74) is 2.26. The molecule has 26 heavy (non-hydrogen) atoms. The maximum atomic E-state index is 11.9. The Kier molecular flexibility index (Phi) is 4.07. The van der Waals surface area contributed by atoms with Crippen LogP contribution in [0.5, 0.6) is 5.88 Å². The third-order valence-electron chi connectivity index (χ3n) is 4.18. The summed E-state index contributed by atoms with van der Waals surface area (Å²) in [5.74, 6) is -0.173. The number of hydrogen-bond acceptors (Lipinski definition) is 4. The van der Waals surface area contributed by atoms with Crippen molar-refractivity contribution in [3.05, 3.63) is 88.7 Å². The van der Waals surface area contributed by atoms with E-state index in [1.54, 1.807) is 36.9 Å². The molecule has 0 radical (unpaired) electrons. The Bertz CT molecular complexity index is 1130.